The fourth-order valence-electron chi connectivity index (χ4n) is 6.68. The summed E-state index contributed by atoms with van der Waals surface area (Å²) in [4.78, 5) is 0. The van der Waals surface area contributed by atoms with Gasteiger partial charge in [0.2, 0.25) is 0 Å². The summed E-state index contributed by atoms with van der Waals surface area (Å²) in [5.41, 5.74) is 15.0. The monoisotopic (exact) mass is 465 g/mol. The zero-order valence-corrected chi connectivity index (χ0v) is 21.5. The van der Waals surface area contributed by atoms with Crippen LogP contribution in [0.25, 0.3) is 44.2 Å². The highest BCUT2D eigenvalue weighted by molar-refractivity contribution is 6.11. The van der Waals surface area contributed by atoms with Crippen LogP contribution in [-0.2, 0) is 5.41 Å². The Bertz CT molecular complexity index is 1770. The minimum absolute atomic E-state index is 0.0600. The number of aryl methyl sites for hydroxylation is 2. The summed E-state index contributed by atoms with van der Waals surface area (Å²) in [6, 6.07) is 29.5. The third-order valence-electron chi connectivity index (χ3n) is 8.62. The van der Waals surface area contributed by atoms with Gasteiger partial charge in [0.05, 0.1) is 11.0 Å². The number of benzene rings is 4. The Hall–Kier alpha value is -3.84. The molecule has 1 heterocycles. The van der Waals surface area contributed by atoms with E-state index in [1.807, 2.05) is 0 Å². The van der Waals surface area contributed by atoms with Crippen molar-refractivity contribution in [1.82, 2.24) is 4.57 Å². The molecule has 0 saturated carbocycles. The molecule has 0 N–H and O–H groups in total. The van der Waals surface area contributed by atoms with Gasteiger partial charge in [-0.15, -0.1) is 0 Å². The summed E-state index contributed by atoms with van der Waals surface area (Å²) in [5, 5.41) is 2.66. The van der Waals surface area contributed by atoms with Gasteiger partial charge in [0.15, 0.2) is 0 Å². The summed E-state index contributed by atoms with van der Waals surface area (Å²) >= 11 is 0. The quantitative estimate of drug-likeness (QED) is 0.245. The number of nitrogens with zero attached hydrogens (tertiary/aromatic N) is 1. The molecule has 0 amide bonds. The minimum atomic E-state index is 0.0600. The highest BCUT2D eigenvalue weighted by atomic mass is 15.0. The molecule has 36 heavy (non-hydrogen) atoms. The Balaban J connectivity index is 1.54. The number of aromatic nitrogens is 1. The Morgan fingerprint density at radius 2 is 1.47 bits per heavy atom. The van der Waals surface area contributed by atoms with Crippen LogP contribution in [0.4, 0.5) is 0 Å². The Kier molecular flexibility index (Phi) is 4.51. The molecule has 0 saturated heterocycles. The van der Waals surface area contributed by atoms with Gasteiger partial charge in [0.25, 0.3) is 0 Å². The van der Waals surface area contributed by atoms with Gasteiger partial charge in [-0.05, 0) is 96.0 Å². The van der Waals surface area contributed by atoms with E-state index >= 15 is 0 Å². The summed E-state index contributed by atoms with van der Waals surface area (Å²) < 4.78 is 2.48. The number of fused-ring (bicyclic) bond motifs is 5. The first-order valence-electron chi connectivity index (χ1n) is 13.1. The molecule has 0 unspecified atom stereocenters. The standard InChI is InChI=1S/C35H31N/c1-22-11-5-6-12-25(22)28-19-24(18-17-23(28)2)36-33-16-10-8-14-27(33)30-20-29-26-13-7-9-15-31(26)35(3,4)32(29)21-34(30)36/h5-8,10-14,16-21H,9,15H2,1-4H3. The number of hydrogen-bond donors (Lipinski definition) is 0. The lowest BCUT2D eigenvalue weighted by atomic mass is 9.78. The van der Waals surface area contributed by atoms with Crippen molar-refractivity contribution in [2.45, 2.75) is 46.0 Å². The SMILES string of the molecule is Cc1ccccc1-c1cc(-n2c3ccccc3c3cc4c(cc32)C(C)(C)C2=C4C=CCC2)ccc1C. The topological polar surface area (TPSA) is 4.93 Å². The molecule has 0 bridgehead atoms. The predicted molar refractivity (Wildman–Crippen MR) is 154 cm³/mol. The van der Waals surface area contributed by atoms with Gasteiger partial charge in [-0.25, -0.2) is 0 Å². The van der Waals surface area contributed by atoms with E-state index in [-0.39, 0.29) is 5.41 Å². The van der Waals surface area contributed by atoms with Crippen molar-refractivity contribution in [1.29, 1.82) is 0 Å². The Morgan fingerprint density at radius 1 is 0.694 bits per heavy atom. The average Bonchev–Trinajstić information content (AvgIpc) is 3.33. The molecule has 0 radical (unpaired) electrons. The molecule has 0 aliphatic heterocycles. The fourth-order valence-corrected chi connectivity index (χ4v) is 6.68. The van der Waals surface area contributed by atoms with Crippen LogP contribution < -0.4 is 0 Å². The van der Waals surface area contributed by atoms with E-state index in [0.29, 0.717) is 0 Å². The van der Waals surface area contributed by atoms with Crippen LogP contribution in [0.3, 0.4) is 0 Å². The molecular formula is C35H31N. The first kappa shape index (κ1) is 21.4. The predicted octanol–water partition coefficient (Wildman–Crippen LogP) is 9.46. The van der Waals surface area contributed by atoms with E-state index in [9.17, 15) is 0 Å². The van der Waals surface area contributed by atoms with Crippen molar-refractivity contribution in [3.05, 3.63) is 119 Å². The van der Waals surface area contributed by atoms with Crippen LogP contribution in [-0.4, -0.2) is 4.57 Å². The molecule has 176 valence electrons. The molecule has 4 aromatic carbocycles. The maximum absolute atomic E-state index is 2.49. The van der Waals surface area contributed by atoms with Crippen LogP contribution in [0, 0.1) is 13.8 Å². The van der Waals surface area contributed by atoms with E-state index in [0.717, 1.165) is 12.8 Å². The third kappa shape index (κ3) is 2.89. The summed E-state index contributed by atoms with van der Waals surface area (Å²) in [6.45, 7) is 9.25. The summed E-state index contributed by atoms with van der Waals surface area (Å²) in [6.07, 6.45) is 7.02. The number of rotatable bonds is 2. The van der Waals surface area contributed by atoms with Crippen LogP contribution in [0.5, 0.6) is 0 Å². The molecule has 2 aliphatic carbocycles. The molecule has 0 fully saturated rings. The zero-order chi connectivity index (χ0) is 24.6. The van der Waals surface area contributed by atoms with Crippen molar-refractivity contribution in [2.24, 2.45) is 0 Å². The third-order valence-corrected chi connectivity index (χ3v) is 8.62. The number of hydrogen-bond acceptors (Lipinski definition) is 0. The van der Waals surface area contributed by atoms with Crippen LogP contribution in [0.2, 0.25) is 0 Å². The fraction of sp³-hybridized carbons (Fsp3) is 0.200. The van der Waals surface area contributed by atoms with Crippen molar-refractivity contribution >= 4 is 27.4 Å². The first-order chi connectivity index (χ1) is 17.4. The highest BCUT2D eigenvalue weighted by Crippen LogP contribution is 2.52. The summed E-state index contributed by atoms with van der Waals surface area (Å²) in [7, 11) is 0. The molecule has 0 atom stereocenters. The zero-order valence-electron chi connectivity index (χ0n) is 21.5. The molecule has 2 aliphatic rings. The maximum atomic E-state index is 2.49. The minimum Gasteiger partial charge on any atom is -0.309 e. The van der Waals surface area contributed by atoms with Gasteiger partial charge in [-0.1, -0.05) is 80.1 Å². The van der Waals surface area contributed by atoms with E-state index < -0.39 is 0 Å². The molecule has 1 heteroatoms. The second-order valence-corrected chi connectivity index (χ2v) is 11.0. The normalized spacial score (nSPS) is 16.1. The molecule has 7 rings (SSSR count). The molecule has 1 nitrogen and oxygen atoms in total. The van der Waals surface area contributed by atoms with E-state index in [1.54, 1.807) is 5.57 Å². The molecule has 0 spiro atoms. The van der Waals surface area contributed by atoms with Crippen molar-refractivity contribution in [3.8, 4) is 16.8 Å². The van der Waals surface area contributed by atoms with Crippen LogP contribution in [0.1, 0.15) is 48.9 Å². The van der Waals surface area contributed by atoms with Crippen LogP contribution in [0.15, 0.2) is 96.6 Å². The smallest absolute Gasteiger partial charge is 0.0544 e. The van der Waals surface area contributed by atoms with Gasteiger partial charge < -0.3 is 4.57 Å². The molecule has 5 aromatic rings. The van der Waals surface area contributed by atoms with Gasteiger partial charge in [-0.2, -0.15) is 0 Å². The molecular weight excluding hydrogens is 434 g/mol. The van der Waals surface area contributed by atoms with Crippen molar-refractivity contribution in [2.75, 3.05) is 0 Å². The van der Waals surface area contributed by atoms with Crippen molar-refractivity contribution in [3.63, 3.8) is 0 Å². The largest absolute Gasteiger partial charge is 0.309 e. The lowest BCUT2D eigenvalue weighted by Crippen LogP contribution is -2.17. The molecule has 1 aromatic heterocycles. The van der Waals surface area contributed by atoms with E-state index in [4.69, 9.17) is 0 Å². The second kappa shape index (κ2) is 7.58. The Labute approximate surface area is 213 Å². The van der Waals surface area contributed by atoms with E-state index in [1.165, 1.54) is 66.4 Å². The first-order valence-corrected chi connectivity index (χ1v) is 13.1. The number of para-hydroxylation sites is 1. The summed E-state index contributed by atoms with van der Waals surface area (Å²) in [5.74, 6) is 0. The van der Waals surface area contributed by atoms with Gasteiger partial charge in [0.1, 0.15) is 0 Å². The maximum Gasteiger partial charge on any atom is 0.0544 e. The average molecular weight is 466 g/mol. The van der Waals surface area contributed by atoms with Crippen molar-refractivity contribution < 1.29 is 0 Å². The van der Waals surface area contributed by atoms with Gasteiger partial charge in [0, 0.05) is 21.9 Å². The van der Waals surface area contributed by atoms with E-state index in [2.05, 4.69) is 123 Å². The van der Waals surface area contributed by atoms with Gasteiger partial charge in [-0.3, -0.25) is 0 Å². The van der Waals surface area contributed by atoms with Crippen LogP contribution >= 0.6 is 0 Å². The second-order valence-electron chi connectivity index (χ2n) is 11.0. The van der Waals surface area contributed by atoms with Gasteiger partial charge >= 0.3 is 0 Å². The lowest BCUT2D eigenvalue weighted by Gasteiger charge is -2.25. The highest BCUT2D eigenvalue weighted by Gasteiger charge is 2.38. The Morgan fingerprint density at radius 3 is 2.33 bits per heavy atom. The number of allylic oxidation sites excluding steroid dienone is 4. The lowest BCUT2D eigenvalue weighted by molar-refractivity contribution is 0.608.